The highest BCUT2D eigenvalue weighted by Gasteiger charge is 2.19. The Morgan fingerprint density at radius 3 is 2.69 bits per heavy atom. The van der Waals surface area contributed by atoms with Crippen molar-refractivity contribution < 1.29 is 19.4 Å². The molecular weight excluding hydrogens is 232 g/mol. The molecule has 0 atom stereocenters. The summed E-state index contributed by atoms with van der Waals surface area (Å²) in [5.41, 5.74) is 0.619. The molecule has 1 aromatic carbocycles. The van der Waals surface area contributed by atoms with Gasteiger partial charge in [0, 0.05) is 5.56 Å². The Hall–Kier alpha value is -1.42. The maximum absolute atomic E-state index is 11.4. The smallest absolute Gasteiger partial charge is 0.338 e. The van der Waals surface area contributed by atoms with Crippen LogP contribution in [0.2, 0.25) is 5.02 Å². The van der Waals surface area contributed by atoms with E-state index in [2.05, 4.69) is 4.74 Å². The van der Waals surface area contributed by atoms with Gasteiger partial charge in [-0.1, -0.05) is 11.6 Å². The Labute approximate surface area is 98.7 Å². The van der Waals surface area contributed by atoms with E-state index < -0.39 is 5.97 Å². The van der Waals surface area contributed by atoms with Gasteiger partial charge in [-0.25, -0.2) is 4.79 Å². The quantitative estimate of drug-likeness (QED) is 0.831. The highest BCUT2D eigenvalue weighted by Crippen LogP contribution is 2.39. The molecule has 4 nitrogen and oxygen atoms in total. The SMILES string of the molecule is CCOc1c(Cl)cc(C(=O)OC)c(C)c1O. The topological polar surface area (TPSA) is 55.8 Å². The first-order valence-corrected chi connectivity index (χ1v) is 5.13. The third kappa shape index (κ3) is 2.22. The molecule has 0 amide bonds. The van der Waals surface area contributed by atoms with Gasteiger partial charge in [-0.2, -0.15) is 0 Å². The molecule has 0 aliphatic carbocycles. The number of carbonyl (C=O) groups is 1. The molecule has 0 unspecified atom stereocenters. The van der Waals surface area contributed by atoms with Crippen molar-refractivity contribution in [2.75, 3.05) is 13.7 Å². The van der Waals surface area contributed by atoms with Crippen LogP contribution >= 0.6 is 11.6 Å². The van der Waals surface area contributed by atoms with E-state index in [1.807, 2.05) is 0 Å². The van der Waals surface area contributed by atoms with Crippen LogP contribution in [-0.4, -0.2) is 24.8 Å². The minimum atomic E-state index is -0.544. The first kappa shape index (κ1) is 12.6. The lowest BCUT2D eigenvalue weighted by Crippen LogP contribution is -2.05. The molecule has 0 saturated heterocycles. The third-order valence-corrected chi connectivity index (χ3v) is 2.44. The number of phenols is 1. The van der Waals surface area contributed by atoms with Crippen molar-refractivity contribution in [3.63, 3.8) is 0 Å². The van der Waals surface area contributed by atoms with E-state index in [-0.39, 0.29) is 22.1 Å². The van der Waals surface area contributed by atoms with E-state index in [9.17, 15) is 9.90 Å². The number of hydrogen-bond donors (Lipinski definition) is 1. The number of methoxy groups -OCH3 is 1. The van der Waals surface area contributed by atoms with E-state index in [1.54, 1.807) is 13.8 Å². The number of rotatable bonds is 3. The maximum atomic E-state index is 11.4. The minimum Gasteiger partial charge on any atom is -0.504 e. The number of benzene rings is 1. The molecule has 0 heterocycles. The summed E-state index contributed by atoms with van der Waals surface area (Å²) in [4.78, 5) is 11.4. The first-order chi connectivity index (χ1) is 7.52. The second-order valence-electron chi connectivity index (χ2n) is 3.13. The van der Waals surface area contributed by atoms with Crippen LogP contribution in [0.4, 0.5) is 0 Å². The number of ether oxygens (including phenoxy) is 2. The number of hydrogen-bond acceptors (Lipinski definition) is 4. The fraction of sp³-hybridized carbons (Fsp3) is 0.364. The lowest BCUT2D eigenvalue weighted by molar-refractivity contribution is 0.0599. The molecule has 88 valence electrons. The van der Waals surface area contributed by atoms with Gasteiger partial charge in [-0.05, 0) is 19.9 Å². The van der Waals surface area contributed by atoms with Gasteiger partial charge in [-0.3, -0.25) is 0 Å². The number of phenolic OH excluding ortho intramolecular Hbond substituents is 1. The number of esters is 1. The summed E-state index contributed by atoms with van der Waals surface area (Å²) < 4.78 is 9.76. The van der Waals surface area contributed by atoms with Crippen LogP contribution < -0.4 is 4.74 Å². The van der Waals surface area contributed by atoms with Gasteiger partial charge >= 0.3 is 5.97 Å². The Kier molecular flexibility index (Phi) is 4.01. The molecule has 16 heavy (non-hydrogen) atoms. The largest absolute Gasteiger partial charge is 0.504 e. The average molecular weight is 245 g/mol. The molecule has 0 aliphatic heterocycles. The van der Waals surface area contributed by atoms with Gasteiger partial charge < -0.3 is 14.6 Å². The Balaban J connectivity index is 3.33. The van der Waals surface area contributed by atoms with Crippen molar-refractivity contribution in [2.24, 2.45) is 0 Å². The van der Waals surface area contributed by atoms with Crippen LogP contribution in [0.3, 0.4) is 0 Å². The molecule has 0 aliphatic rings. The summed E-state index contributed by atoms with van der Waals surface area (Å²) in [6, 6.07) is 1.42. The number of aromatic hydroxyl groups is 1. The van der Waals surface area contributed by atoms with Gasteiger partial charge in [-0.15, -0.1) is 0 Å². The zero-order valence-corrected chi connectivity index (χ0v) is 10.1. The monoisotopic (exact) mass is 244 g/mol. The summed E-state index contributed by atoms with van der Waals surface area (Å²) in [6.45, 7) is 3.75. The molecule has 0 aromatic heterocycles. The van der Waals surface area contributed by atoms with E-state index in [1.165, 1.54) is 13.2 Å². The van der Waals surface area contributed by atoms with Crippen LogP contribution in [0, 0.1) is 6.92 Å². The Morgan fingerprint density at radius 2 is 2.19 bits per heavy atom. The van der Waals surface area contributed by atoms with E-state index in [0.29, 0.717) is 12.2 Å². The molecule has 0 spiro atoms. The third-order valence-electron chi connectivity index (χ3n) is 2.16. The zero-order chi connectivity index (χ0) is 12.3. The van der Waals surface area contributed by atoms with Gasteiger partial charge in [0.15, 0.2) is 11.5 Å². The fourth-order valence-corrected chi connectivity index (χ4v) is 1.57. The number of halogens is 1. The molecule has 5 heteroatoms. The molecular formula is C11H13ClO4. The molecule has 0 saturated carbocycles. The van der Waals surface area contributed by atoms with Crippen molar-refractivity contribution in [3.05, 3.63) is 22.2 Å². The first-order valence-electron chi connectivity index (χ1n) is 4.76. The van der Waals surface area contributed by atoms with Gasteiger partial charge in [0.2, 0.25) is 0 Å². The van der Waals surface area contributed by atoms with Crippen LogP contribution in [-0.2, 0) is 4.74 Å². The second-order valence-corrected chi connectivity index (χ2v) is 3.54. The summed E-state index contributed by atoms with van der Waals surface area (Å²) in [7, 11) is 1.27. The van der Waals surface area contributed by atoms with Crippen molar-refractivity contribution in [2.45, 2.75) is 13.8 Å². The molecule has 1 aromatic rings. The Morgan fingerprint density at radius 1 is 1.56 bits per heavy atom. The van der Waals surface area contributed by atoms with E-state index in [4.69, 9.17) is 16.3 Å². The standard InChI is InChI=1S/C11H13ClO4/c1-4-16-10-8(12)5-7(11(14)15-3)6(2)9(10)13/h5,13H,4H2,1-3H3. The maximum Gasteiger partial charge on any atom is 0.338 e. The van der Waals surface area contributed by atoms with Crippen molar-refractivity contribution >= 4 is 17.6 Å². The Bertz CT molecular complexity index is 415. The van der Waals surface area contributed by atoms with Crippen molar-refractivity contribution in [3.8, 4) is 11.5 Å². The molecule has 1 N–H and O–H groups in total. The van der Waals surface area contributed by atoms with Crippen LogP contribution in [0.15, 0.2) is 6.07 Å². The van der Waals surface area contributed by atoms with E-state index in [0.717, 1.165) is 0 Å². The van der Waals surface area contributed by atoms with Crippen molar-refractivity contribution in [1.29, 1.82) is 0 Å². The highest BCUT2D eigenvalue weighted by molar-refractivity contribution is 6.32. The highest BCUT2D eigenvalue weighted by atomic mass is 35.5. The van der Waals surface area contributed by atoms with Crippen LogP contribution in [0.5, 0.6) is 11.5 Å². The summed E-state index contributed by atoms with van der Waals surface area (Å²) in [5, 5.41) is 10.0. The lowest BCUT2D eigenvalue weighted by atomic mass is 10.1. The van der Waals surface area contributed by atoms with Crippen molar-refractivity contribution in [1.82, 2.24) is 0 Å². The predicted octanol–water partition coefficient (Wildman–Crippen LogP) is 2.54. The fourth-order valence-electron chi connectivity index (χ4n) is 1.32. The normalized spacial score (nSPS) is 10.0. The second kappa shape index (κ2) is 5.07. The van der Waals surface area contributed by atoms with Crippen LogP contribution in [0.25, 0.3) is 0 Å². The van der Waals surface area contributed by atoms with Gasteiger partial charge in [0.25, 0.3) is 0 Å². The number of carbonyl (C=O) groups excluding carboxylic acids is 1. The summed E-state index contributed by atoms with van der Waals surface area (Å²) in [5.74, 6) is -0.484. The minimum absolute atomic E-state index is 0.130. The zero-order valence-electron chi connectivity index (χ0n) is 9.33. The van der Waals surface area contributed by atoms with Gasteiger partial charge in [0.05, 0.1) is 24.3 Å². The summed E-state index contributed by atoms with van der Waals surface area (Å²) >= 11 is 5.89. The molecule has 0 fully saturated rings. The van der Waals surface area contributed by atoms with E-state index >= 15 is 0 Å². The summed E-state index contributed by atoms with van der Waals surface area (Å²) in [6.07, 6.45) is 0. The molecule has 0 bridgehead atoms. The lowest BCUT2D eigenvalue weighted by Gasteiger charge is -2.12. The van der Waals surface area contributed by atoms with Crippen LogP contribution in [0.1, 0.15) is 22.8 Å². The molecule has 1 rings (SSSR count). The predicted molar refractivity (Wildman–Crippen MR) is 60.4 cm³/mol. The average Bonchev–Trinajstić information content (AvgIpc) is 2.28. The molecule has 0 radical (unpaired) electrons. The van der Waals surface area contributed by atoms with Gasteiger partial charge in [0.1, 0.15) is 0 Å².